The lowest BCUT2D eigenvalue weighted by molar-refractivity contribution is -0.116. The van der Waals surface area contributed by atoms with Crippen molar-refractivity contribution in [2.45, 2.75) is 29.9 Å². The molecule has 0 radical (unpaired) electrons. The molecular formula is C27H24ClN3O2S2. The van der Waals surface area contributed by atoms with Crippen LogP contribution < -0.4 is 10.6 Å². The maximum atomic E-state index is 13.4. The second kappa shape index (κ2) is 12.0. The van der Waals surface area contributed by atoms with Gasteiger partial charge in [0, 0.05) is 33.0 Å². The Labute approximate surface area is 218 Å². The number of hydrogen-bond donors (Lipinski definition) is 2. The molecule has 178 valence electrons. The Hall–Kier alpha value is -3.13. The zero-order valence-corrected chi connectivity index (χ0v) is 21.4. The molecule has 0 saturated carbocycles. The van der Waals surface area contributed by atoms with Gasteiger partial charge in [-0.25, -0.2) is 4.98 Å². The fraction of sp³-hybridized carbons (Fsp3) is 0.148. The van der Waals surface area contributed by atoms with Crippen LogP contribution in [0.25, 0.3) is 11.3 Å². The molecule has 1 heterocycles. The lowest BCUT2D eigenvalue weighted by Gasteiger charge is -2.17. The van der Waals surface area contributed by atoms with E-state index in [2.05, 4.69) is 15.6 Å². The highest BCUT2D eigenvalue weighted by atomic mass is 35.5. The molecule has 4 rings (SSSR count). The zero-order chi connectivity index (χ0) is 24.6. The van der Waals surface area contributed by atoms with E-state index in [4.69, 9.17) is 11.6 Å². The summed E-state index contributed by atoms with van der Waals surface area (Å²) in [6.45, 7) is 1.97. The van der Waals surface area contributed by atoms with E-state index in [9.17, 15) is 9.59 Å². The fourth-order valence-electron chi connectivity index (χ4n) is 3.39. The molecule has 2 N–H and O–H groups in total. The molecule has 2 amide bonds. The van der Waals surface area contributed by atoms with Crippen LogP contribution in [0.2, 0.25) is 5.02 Å². The number of benzene rings is 3. The molecule has 0 aliphatic carbocycles. The molecular weight excluding hydrogens is 498 g/mol. The molecule has 3 aromatic carbocycles. The Morgan fingerprint density at radius 3 is 2.51 bits per heavy atom. The van der Waals surface area contributed by atoms with Gasteiger partial charge in [0.2, 0.25) is 11.8 Å². The first-order chi connectivity index (χ1) is 17.0. The van der Waals surface area contributed by atoms with Crippen molar-refractivity contribution in [1.29, 1.82) is 0 Å². The normalized spacial score (nSPS) is 11.6. The van der Waals surface area contributed by atoms with Crippen molar-refractivity contribution in [3.8, 4) is 11.3 Å². The Morgan fingerprint density at radius 2 is 1.77 bits per heavy atom. The summed E-state index contributed by atoms with van der Waals surface area (Å²) in [5, 5.41) is 8.50. The van der Waals surface area contributed by atoms with E-state index in [0.29, 0.717) is 22.3 Å². The van der Waals surface area contributed by atoms with E-state index in [1.54, 1.807) is 0 Å². The number of halogens is 1. The predicted octanol–water partition coefficient (Wildman–Crippen LogP) is 7.67. The van der Waals surface area contributed by atoms with Crippen LogP contribution in [0.3, 0.4) is 0 Å². The summed E-state index contributed by atoms with van der Waals surface area (Å²) >= 11 is 8.79. The van der Waals surface area contributed by atoms with Crippen molar-refractivity contribution in [2.75, 3.05) is 10.6 Å². The molecule has 4 aromatic rings. The van der Waals surface area contributed by atoms with Gasteiger partial charge in [0.25, 0.3) is 0 Å². The Kier molecular flexibility index (Phi) is 8.58. The average Bonchev–Trinajstić information content (AvgIpc) is 3.32. The number of hydrogen-bond acceptors (Lipinski definition) is 5. The topological polar surface area (TPSA) is 71.1 Å². The third-order valence-electron chi connectivity index (χ3n) is 5.06. The SMILES string of the molecule is CCCC(=O)Nc1cccc(SC(C(=O)Nc2nc(-c3ccc(Cl)cc3)cs2)c2ccccc2)c1. The lowest BCUT2D eigenvalue weighted by atomic mass is 10.1. The molecule has 1 atom stereocenters. The largest absolute Gasteiger partial charge is 0.326 e. The molecule has 1 unspecified atom stereocenters. The molecule has 0 spiro atoms. The van der Waals surface area contributed by atoms with Gasteiger partial charge in [-0.05, 0) is 42.3 Å². The standard InChI is InChI=1S/C27H24ClN3O2S2/c1-2-7-24(32)29-21-10-6-11-22(16-21)35-25(19-8-4-3-5-9-19)26(33)31-27-30-23(17-34-27)18-12-14-20(28)15-13-18/h3-6,8-17,25H,2,7H2,1H3,(H,29,32)(H,30,31,33). The summed E-state index contributed by atoms with van der Waals surface area (Å²) < 4.78 is 0. The van der Waals surface area contributed by atoms with E-state index >= 15 is 0 Å². The first-order valence-electron chi connectivity index (χ1n) is 11.2. The van der Waals surface area contributed by atoms with Crippen molar-refractivity contribution in [2.24, 2.45) is 0 Å². The van der Waals surface area contributed by atoms with E-state index < -0.39 is 5.25 Å². The Morgan fingerprint density at radius 1 is 1.00 bits per heavy atom. The van der Waals surface area contributed by atoms with Gasteiger partial charge in [-0.3, -0.25) is 9.59 Å². The molecule has 5 nitrogen and oxygen atoms in total. The zero-order valence-electron chi connectivity index (χ0n) is 19.0. The van der Waals surface area contributed by atoms with Crippen LogP contribution in [0, 0.1) is 0 Å². The minimum absolute atomic E-state index is 0.0211. The number of thiazole rings is 1. The van der Waals surface area contributed by atoms with E-state index in [1.165, 1.54) is 23.1 Å². The van der Waals surface area contributed by atoms with Gasteiger partial charge in [0.1, 0.15) is 5.25 Å². The van der Waals surface area contributed by atoms with Crippen LogP contribution in [0.4, 0.5) is 10.8 Å². The van der Waals surface area contributed by atoms with Crippen LogP contribution in [0.1, 0.15) is 30.6 Å². The summed E-state index contributed by atoms with van der Waals surface area (Å²) in [6, 6.07) is 24.6. The molecule has 35 heavy (non-hydrogen) atoms. The van der Waals surface area contributed by atoms with Gasteiger partial charge in [0.05, 0.1) is 5.69 Å². The van der Waals surface area contributed by atoms with Crippen LogP contribution in [0.5, 0.6) is 0 Å². The second-order valence-corrected chi connectivity index (χ2v) is 10.2. The second-order valence-electron chi connectivity index (χ2n) is 7.77. The number of nitrogens with zero attached hydrogens (tertiary/aromatic N) is 1. The smallest absolute Gasteiger partial charge is 0.244 e. The van der Waals surface area contributed by atoms with E-state index in [0.717, 1.165) is 28.1 Å². The molecule has 0 aliphatic heterocycles. The Balaban J connectivity index is 1.52. The number of carbonyl (C=O) groups is 2. The highest BCUT2D eigenvalue weighted by molar-refractivity contribution is 8.00. The van der Waals surface area contributed by atoms with Crippen molar-refractivity contribution >= 4 is 57.3 Å². The predicted molar refractivity (Wildman–Crippen MR) is 146 cm³/mol. The fourth-order valence-corrected chi connectivity index (χ4v) is 5.32. The number of aromatic nitrogens is 1. The highest BCUT2D eigenvalue weighted by Gasteiger charge is 2.23. The quantitative estimate of drug-likeness (QED) is 0.222. The van der Waals surface area contributed by atoms with Gasteiger partial charge in [-0.15, -0.1) is 23.1 Å². The van der Waals surface area contributed by atoms with Crippen molar-refractivity contribution in [3.63, 3.8) is 0 Å². The number of nitrogens with one attached hydrogen (secondary N) is 2. The lowest BCUT2D eigenvalue weighted by Crippen LogP contribution is -2.19. The number of anilines is 2. The van der Waals surface area contributed by atoms with Crippen molar-refractivity contribution in [1.82, 2.24) is 4.98 Å². The summed E-state index contributed by atoms with van der Waals surface area (Å²) in [4.78, 5) is 30.9. The molecule has 0 saturated heterocycles. The molecule has 0 fully saturated rings. The van der Waals surface area contributed by atoms with Crippen LogP contribution in [-0.2, 0) is 9.59 Å². The maximum absolute atomic E-state index is 13.4. The first-order valence-corrected chi connectivity index (χ1v) is 13.3. The number of thioether (sulfide) groups is 1. The average molecular weight is 522 g/mol. The van der Waals surface area contributed by atoms with E-state index in [1.807, 2.05) is 91.2 Å². The van der Waals surface area contributed by atoms with Crippen LogP contribution >= 0.6 is 34.7 Å². The highest BCUT2D eigenvalue weighted by Crippen LogP contribution is 2.37. The van der Waals surface area contributed by atoms with Gasteiger partial charge in [-0.2, -0.15) is 0 Å². The molecule has 1 aromatic heterocycles. The van der Waals surface area contributed by atoms with Gasteiger partial charge >= 0.3 is 0 Å². The summed E-state index contributed by atoms with van der Waals surface area (Å²) in [7, 11) is 0. The monoisotopic (exact) mass is 521 g/mol. The number of carbonyl (C=O) groups excluding carboxylic acids is 2. The minimum atomic E-state index is -0.499. The summed E-state index contributed by atoms with van der Waals surface area (Å²) in [5.41, 5.74) is 3.31. The van der Waals surface area contributed by atoms with Gasteiger partial charge in [0.15, 0.2) is 5.13 Å². The number of amides is 2. The maximum Gasteiger partial charge on any atom is 0.244 e. The van der Waals surface area contributed by atoms with E-state index in [-0.39, 0.29) is 11.8 Å². The van der Waals surface area contributed by atoms with Gasteiger partial charge in [-0.1, -0.05) is 67.1 Å². The molecule has 0 bridgehead atoms. The van der Waals surface area contributed by atoms with Crippen molar-refractivity contribution < 1.29 is 9.59 Å². The van der Waals surface area contributed by atoms with Crippen LogP contribution in [0.15, 0.2) is 89.1 Å². The summed E-state index contributed by atoms with van der Waals surface area (Å²) in [6.07, 6.45) is 1.26. The minimum Gasteiger partial charge on any atom is -0.326 e. The summed E-state index contributed by atoms with van der Waals surface area (Å²) in [5.74, 6) is -0.189. The molecule has 8 heteroatoms. The van der Waals surface area contributed by atoms with Crippen LogP contribution in [-0.4, -0.2) is 16.8 Å². The van der Waals surface area contributed by atoms with Gasteiger partial charge < -0.3 is 10.6 Å². The van der Waals surface area contributed by atoms with Crippen molar-refractivity contribution in [3.05, 3.63) is 94.8 Å². The molecule has 0 aliphatic rings. The number of rotatable bonds is 9. The Bertz CT molecular complexity index is 1290. The third-order valence-corrected chi connectivity index (χ3v) is 7.32. The third kappa shape index (κ3) is 6.94. The first kappa shape index (κ1) is 25.0.